The molecule has 2 rings (SSSR count). The first-order chi connectivity index (χ1) is 11.0. The normalized spacial score (nSPS) is 37.8. The van der Waals surface area contributed by atoms with E-state index in [1.807, 2.05) is 0 Å². The van der Waals surface area contributed by atoms with Crippen LogP contribution < -0.4 is 0 Å². The third kappa shape index (κ3) is 1.52. The average molecular weight is 422 g/mol. The first-order valence-corrected chi connectivity index (χ1v) is 5.81. The minimum atomic E-state index is -7.69. The Balaban J connectivity index is 3.17. The summed E-state index contributed by atoms with van der Waals surface area (Å²) >= 11 is 0. The van der Waals surface area contributed by atoms with Gasteiger partial charge in [0.25, 0.3) is 0 Å². The fourth-order valence-electron chi connectivity index (χ4n) is 2.53. The molecule has 26 heavy (non-hydrogen) atoms. The fourth-order valence-corrected chi connectivity index (χ4v) is 2.53. The van der Waals surface area contributed by atoms with Crippen molar-refractivity contribution in [1.82, 2.24) is 0 Å². The van der Waals surface area contributed by atoms with E-state index in [1.54, 1.807) is 0 Å². The van der Waals surface area contributed by atoms with Crippen LogP contribution >= 0.6 is 0 Å². The van der Waals surface area contributed by atoms with E-state index in [-0.39, 0.29) is 0 Å². The highest BCUT2D eigenvalue weighted by atomic mass is 19.4. The van der Waals surface area contributed by atoms with E-state index in [9.17, 15) is 65.9 Å². The summed E-state index contributed by atoms with van der Waals surface area (Å²) < 4.78 is 199. The molecule has 0 aromatic rings. The molecule has 1 fully saturated rings. The molecule has 1 atom stereocenters. The zero-order chi connectivity index (χ0) is 21.2. The minimum absolute atomic E-state index is 4.66. The molecule has 0 spiro atoms. The molecule has 1 unspecified atom stereocenters. The van der Waals surface area contributed by atoms with Crippen molar-refractivity contribution in [2.75, 3.05) is 0 Å². The molecule has 0 heterocycles. The molecular weight excluding hydrogens is 421 g/mol. The van der Waals surface area contributed by atoms with Gasteiger partial charge in [-0.2, -0.15) is 61.5 Å². The number of halogens is 15. The van der Waals surface area contributed by atoms with Crippen molar-refractivity contribution in [3.8, 4) is 0 Å². The first kappa shape index (κ1) is 21.0. The molecule has 0 aromatic heterocycles. The van der Waals surface area contributed by atoms with Crippen molar-refractivity contribution in [3.63, 3.8) is 0 Å². The number of alkyl halides is 14. The summed E-state index contributed by atoms with van der Waals surface area (Å²) in [4.78, 5) is 0. The zero-order valence-electron chi connectivity index (χ0n) is 11.1. The third-order valence-electron chi connectivity index (χ3n) is 4.05. The summed E-state index contributed by atoms with van der Waals surface area (Å²) in [6, 6.07) is 0. The predicted octanol–water partition coefficient (Wildman–Crippen LogP) is 4.42. The molecule has 0 bridgehead atoms. The van der Waals surface area contributed by atoms with E-state index in [1.165, 1.54) is 0 Å². The second kappa shape index (κ2) is 4.38. The average Bonchev–Trinajstić information content (AvgIpc) is 2.43. The largest absolute Gasteiger partial charge is 0.382 e. The molecule has 1 nitrogen and oxygen atoms in total. The quantitative estimate of drug-likeness (QED) is 0.574. The zero-order valence-corrected chi connectivity index (χ0v) is 11.1. The van der Waals surface area contributed by atoms with Crippen LogP contribution in [-0.4, -0.2) is 52.2 Å². The summed E-state index contributed by atoms with van der Waals surface area (Å²) in [6.07, 6.45) is 0. The van der Waals surface area contributed by atoms with Gasteiger partial charge in [-0.1, -0.05) is 0 Å². The molecule has 0 radical (unpaired) electrons. The Morgan fingerprint density at radius 1 is 0.462 bits per heavy atom. The van der Waals surface area contributed by atoms with Gasteiger partial charge in [-0.15, -0.1) is 0 Å². The lowest BCUT2D eigenvalue weighted by Crippen LogP contribution is -2.86. The molecular formula is C10HF15O. The Morgan fingerprint density at radius 2 is 0.769 bits per heavy atom. The van der Waals surface area contributed by atoms with E-state index in [0.29, 0.717) is 0 Å². The van der Waals surface area contributed by atoms with Gasteiger partial charge in [0.15, 0.2) is 5.83 Å². The van der Waals surface area contributed by atoms with E-state index in [2.05, 4.69) is 0 Å². The second-order valence-corrected chi connectivity index (χ2v) is 5.42. The Kier molecular flexibility index (Phi) is 3.53. The lowest BCUT2D eigenvalue weighted by Gasteiger charge is -2.56. The summed E-state index contributed by atoms with van der Waals surface area (Å²) in [7, 11) is 0. The maximum Gasteiger partial charge on any atom is 0.382 e. The molecule has 0 aliphatic heterocycles. The van der Waals surface area contributed by atoms with Crippen LogP contribution in [0, 0.1) is 0 Å². The molecule has 0 amide bonds. The Hall–Kier alpha value is -1.35. The van der Waals surface area contributed by atoms with E-state index in [4.69, 9.17) is 5.11 Å². The van der Waals surface area contributed by atoms with Crippen molar-refractivity contribution in [2.24, 2.45) is 0 Å². The topological polar surface area (TPSA) is 20.2 Å². The van der Waals surface area contributed by atoms with Crippen LogP contribution in [-0.2, 0) is 0 Å². The van der Waals surface area contributed by atoms with Crippen LogP contribution in [0.5, 0.6) is 0 Å². The Morgan fingerprint density at radius 3 is 1.15 bits per heavy atom. The van der Waals surface area contributed by atoms with Crippen LogP contribution in [0.2, 0.25) is 0 Å². The molecule has 16 heteroatoms. The summed E-state index contributed by atoms with van der Waals surface area (Å²) in [5.74, 6) is -57.1. The SMILES string of the molecule is OC12C(=C(F)C(F)(F)C(F)(F)C1(F)F)C(F)(F)C(F)(F)C(F)(F)C2(F)F. The Labute approximate surface area is 131 Å². The molecule has 2 aliphatic rings. The summed E-state index contributed by atoms with van der Waals surface area (Å²) in [6.45, 7) is 0. The van der Waals surface area contributed by atoms with Gasteiger partial charge < -0.3 is 5.11 Å². The second-order valence-electron chi connectivity index (χ2n) is 5.42. The number of hydrogen-bond acceptors (Lipinski definition) is 1. The lowest BCUT2D eigenvalue weighted by molar-refractivity contribution is -0.463. The van der Waals surface area contributed by atoms with Crippen molar-refractivity contribution < 1.29 is 71.0 Å². The maximum absolute atomic E-state index is 13.5. The maximum atomic E-state index is 13.5. The van der Waals surface area contributed by atoms with Gasteiger partial charge in [-0.05, 0) is 0 Å². The highest BCUT2D eigenvalue weighted by Crippen LogP contribution is 2.74. The number of aliphatic hydroxyl groups is 1. The highest BCUT2D eigenvalue weighted by Gasteiger charge is 3.02. The van der Waals surface area contributed by atoms with Crippen molar-refractivity contribution in [2.45, 2.75) is 47.1 Å². The number of fused-ring (bicyclic) bond motifs is 1. The van der Waals surface area contributed by atoms with Crippen LogP contribution in [0.15, 0.2) is 11.4 Å². The number of rotatable bonds is 0. The van der Waals surface area contributed by atoms with E-state index in [0.717, 1.165) is 0 Å². The van der Waals surface area contributed by atoms with E-state index < -0.39 is 58.5 Å². The number of allylic oxidation sites excluding steroid dienone is 1. The third-order valence-corrected chi connectivity index (χ3v) is 4.05. The lowest BCUT2D eigenvalue weighted by atomic mass is 9.62. The van der Waals surface area contributed by atoms with Crippen molar-refractivity contribution in [1.29, 1.82) is 0 Å². The summed E-state index contributed by atoms with van der Waals surface area (Å²) in [5.41, 5.74) is -11.8. The smallest absolute Gasteiger partial charge is 0.374 e. The molecule has 0 saturated heterocycles. The van der Waals surface area contributed by atoms with Crippen molar-refractivity contribution >= 4 is 0 Å². The monoisotopic (exact) mass is 422 g/mol. The van der Waals surface area contributed by atoms with Gasteiger partial charge >= 0.3 is 41.5 Å². The van der Waals surface area contributed by atoms with Crippen LogP contribution in [0.3, 0.4) is 0 Å². The Bertz CT molecular complexity index is 689. The van der Waals surface area contributed by atoms with Crippen LogP contribution in [0.25, 0.3) is 0 Å². The van der Waals surface area contributed by atoms with Gasteiger partial charge in [0, 0.05) is 0 Å². The van der Waals surface area contributed by atoms with Gasteiger partial charge in [0.1, 0.15) is 0 Å². The van der Waals surface area contributed by atoms with Gasteiger partial charge in [-0.25, -0.2) is 4.39 Å². The minimum Gasteiger partial charge on any atom is -0.374 e. The number of hydrogen-bond donors (Lipinski definition) is 1. The molecule has 2 aliphatic carbocycles. The molecule has 0 aromatic carbocycles. The van der Waals surface area contributed by atoms with Crippen LogP contribution in [0.1, 0.15) is 0 Å². The highest BCUT2D eigenvalue weighted by molar-refractivity contribution is 5.50. The first-order valence-electron chi connectivity index (χ1n) is 5.81. The van der Waals surface area contributed by atoms with Gasteiger partial charge in [0.05, 0.1) is 5.57 Å². The van der Waals surface area contributed by atoms with Crippen molar-refractivity contribution in [3.05, 3.63) is 11.4 Å². The fraction of sp³-hybridized carbons (Fsp3) is 0.800. The molecule has 1 saturated carbocycles. The molecule has 152 valence electrons. The predicted molar refractivity (Wildman–Crippen MR) is 47.7 cm³/mol. The van der Waals surface area contributed by atoms with Gasteiger partial charge in [0.2, 0.25) is 5.60 Å². The standard InChI is InChI=1S/C10HF15O/c11-2-1-3(26,6(16,17)9(22,23)5(2,14)15)7(18,19)10(24,25)8(20,21)4(1,12)13/h26H. The van der Waals surface area contributed by atoms with Crippen LogP contribution in [0.4, 0.5) is 65.9 Å². The summed E-state index contributed by atoms with van der Waals surface area (Å²) in [5, 5.41) is 8.98. The van der Waals surface area contributed by atoms with Gasteiger partial charge in [-0.3, -0.25) is 0 Å². The molecule has 1 N–H and O–H groups in total. The van der Waals surface area contributed by atoms with E-state index >= 15 is 0 Å².